The summed E-state index contributed by atoms with van der Waals surface area (Å²) in [5.41, 5.74) is 0. The van der Waals surface area contributed by atoms with Gasteiger partial charge in [-0.15, -0.1) is 0 Å². The summed E-state index contributed by atoms with van der Waals surface area (Å²) in [6.45, 7) is 6.55. The van der Waals surface area contributed by atoms with Gasteiger partial charge in [0, 0.05) is 0 Å². The minimum atomic E-state index is -4.57. The summed E-state index contributed by atoms with van der Waals surface area (Å²) in [4.78, 5) is 0. The summed E-state index contributed by atoms with van der Waals surface area (Å²) in [6.07, 6.45) is -3.11. The molecule has 0 aromatic heterocycles. The smallest absolute Gasteiger partial charge is 0.342 e. The molecule has 22 heavy (non-hydrogen) atoms. The van der Waals surface area contributed by atoms with Gasteiger partial charge in [-0.3, -0.25) is 4.55 Å². The van der Waals surface area contributed by atoms with E-state index in [1.165, 1.54) is 0 Å². The van der Waals surface area contributed by atoms with Crippen molar-refractivity contribution in [2.24, 2.45) is 0 Å². The molecule has 128 valence electrons. The molecule has 9 nitrogen and oxygen atoms in total. The first-order valence-electron chi connectivity index (χ1n) is 6.94. The van der Waals surface area contributed by atoms with Crippen LogP contribution in [-0.2, 0) is 38.3 Å². The Morgan fingerprint density at radius 3 is 2.14 bits per heavy atom. The first-order chi connectivity index (χ1) is 9.96. The molecule has 3 heterocycles. The van der Waals surface area contributed by atoms with Gasteiger partial charge in [-0.2, -0.15) is 8.42 Å². The maximum atomic E-state index is 10.8. The fraction of sp³-hybridized carbons (Fsp3) is 1.00. The quantitative estimate of drug-likeness (QED) is 0.720. The lowest BCUT2D eigenvalue weighted by Crippen LogP contribution is -2.56. The third kappa shape index (κ3) is 3.29. The molecular formula is C12H20O9S. The van der Waals surface area contributed by atoms with Gasteiger partial charge in [0.2, 0.25) is 0 Å². The van der Waals surface area contributed by atoms with Crippen molar-refractivity contribution in [3.8, 4) is 0 Å². The van der Waals surface area contributed by atoms with Gasteiger partial charge in [-0.25, -0.2) is 4.18 Å². The SMILES string of the molecule is CC1(C)OC2[C@@H](O1)C(COS(=O)(=O)O)O[C@@H]1OC(C)(C)O[C@@H]21. The predicted molar refractivity (Wildman–Crippen MR) is 70.0 cm³/mol. The van der Waals surface area contributed by atoms with Gasteiger partial charge >= 0.3 is 10.4 Å². The lowest BCUT2D eigenvalue weighted by atomic mass is 9.99. The Morgan fingerprint density at radius 2 is 1.50 bits per heavy atom. The summed E-state index contributed by atoms with van der Waals surface area (Å²) < 4.78 is 63.4. The second-order valence-corrected chi connectivity index (χ2v) is 7.51. The van der Waals surface area contributed by atoms with Crippen LogP contribution in [-0.4, -0.2) is 61.9 Å². The van der Waals surface area contributed by atoms with Crippen molar-refractivity contribution in [2.75, 3.05) is 6.61 Å². The first kappa shape index (κ1) is 16.5. The highest BCUT2D eigenvalue weighted by Crippen LogP contribution is 2.44. The number of hydrogen-bond acceptors (Lipinski definition) is 8. The zero-order valence-electron chi connectivity index (χ0n) is 12.7. The van der Waals surface area contributed by atoms with Gasteiger partial charge in [-0.1, -0.05) is 0 Å². The van der Waals surface area contributed by atoms with Crippen LogP contribution in [0.15, 0.2) is 0 Å². The number of hydrogen-bond donors (Lipinski definition) is 1. The van der Waals surface area contributed by atoms with Gasteiger partial charge in [0.25, 0.3) is 0 Å². The van der Waals surface area contributed by atoms with Crippen LogP contribution < -0.4 is 0 Å². The topological polar surface area (TPSA) is 110 Å². The molecule has 1 N–H and O–H groups in total. The highest BCUT2D eigenvalue weighted by molar-refractivity contribution is 7.80. The van der Waals surface area contributed by atoms with Gasteiger partial charge < -0.3 is 23.7 Å². The normalized spacial score (nSPS) is 42.9. The van der Waals surface area contributed by atoms with Gasteiger partial charge in [-0.05, 0) is 27.7 Å². The molecule has 2 unspecified atom stereocenters. The van der Waals surface area contributed by atoms with Crippen LogP contribution in [0, 0.1) is 0 Å². The molecule has 3 aliphatic rings. The number of rotatable bonds is 3. The number of ether oxygens (including phenoxy) is 5. The molecule has 0 spiro atoms. The van der Waals surface area contributed by atoms with Crippen LogP contribution in [0.2, 0.25) is 0 Å². The van der Waals surface area contributed by atoms with Crippen molar-refractivity contribution in [1.82, 2.24) is 0 Å². The van der Waals surface area contributed by atoms with Crippen molar-refractivity contribution in [3.63, 3.8) is 0 Å². The van der Waals surface area contributed by atoms with Crippen molar-refractivity contribution in [2.45, 2.75) is 70.0 Å². The molecule has 3 aliphatic heterocycles. The average molecular weight is 340 g/mol. The lowest BCUT2D eigenvalue weighted by molar-refractivity contribution is -0.238. The van der Waals surface area contributed by atoms with E-state index in [4.69, 9.17) is 28.2 Å². The van der Waals surface area contributed by atoms with Crippen LogP contribution >= 0.6 is 0 Å². The van der Waals surface area contributed by atoms with Crippen molar-refractivity contribution >= 4 is 10.4 Å². The molecule has 3 fully saturated rings. The molecule has 5 atom stereocenters. The Kier molecular flexibility index (Phi) is 3.82. The van der Waals surface area contributed by atoms with E-state index in [9.17, 15) is 8.42 Å². The fourth-order valence-electron chi connectivity index (χ4n) is 2.98. The third-order valence-electron chi connectivity index (χ3n) is 3.63. The Bertz CT molecular complexity index is 543. The van der Waals surface area contributed by atoms with Gasteiger partial charge in [0.15, 0.2) is 17.9 Å². The van der Waals surface area contributed by atoms with E-state index in [2.05, 4.69) is 4.18 Å². The Morgan fingerprint density at radius 1 is 0.955 bits per heavy atom. The molecule has 0 saturated carbocycles. The van der Waals surface area contributed by atoms with Crippen LogP contribution in [0.3, 0.4) is 0 Å². The van der Waals surface area contributed by atoms with Crippen LogP contribution in [0.1, 0.15) is 27.7 Å². The summed E-state index contributed by atoms with van der Waals surface area (Å²) >= 11 is 0. The predicted octanol–water partition coefficient (Wildman–Crippen LogP) is 0.202. The number of fused-ring (bicyclic) bond motifs is 3. The zero-order valence-corrected chi connectivity index (χ0v) is 13.5. The average Bonchev–Trinajstić information content (AvgIpc) is 2.79. The summed E-state index contributed by atoms with van der Waals surface area (Å²) in [5.74, 6) is -1.73. The molecule has 0 bridgehead atoms. The van der Waals surface area contributed by atoms with Crippen LogP contribution in [0.25, 0.3) is 0 Å². The Labute approximate surface area is 128 Å². The van der Waals surface area contributed by atoms with Crippen LogP contribution in [0.5, 0.6) is 0 Å². The van der Waals surface area contributed by atoms with E-state index in [1.807, 2.05) is 0 Å². The van der Waals surface area contributed by atoms with Gasteiger partial charge in [0.05, 0.1) is 6.61 Å². The van der Waals surface area contributed by atoms with Crippen LogP contribution in [0.4, 0.5) is 0 Å². The molecule has 0 radical (unpaired) electrons. The summed E-state index contributed by atoms with van der Waals surface area (Å²) in [5, 5.41) is 0. The molecule has 0 amide bonds. The fourth-order valence-corrected chi connectivity index (χ4v) is 3.29. The molecule has 10 heteroatoms. The highest BCUT2D eigenvalue weighted by atomic mass is 32.3. The summed E-state index contributed by atoms with van der Waals surface area (Å²) in [7, 11) is -4.57. The second-order valence-electron chi connectivity index (χ2n) is 6.42. The Hall–Kier alpha value is -0.330. The first-order valence-corrected chi connectivity index (χ1v) is 8.31. The molecular weight excluding hydrogens is 320 g/mol. The molecule has 0 aromatic rings. The van der Waals surface area contributed by atoms with E-state index in [-0.39, 0.29) is 0 Å². The Balaban J connectivity index is 1.81. The van der Waals surface area contributed by atoms with Crippen molar-refractivity contribution in [3.05, 3.63) is 0 Å². The minimum absolute atomic E-state index is 0.410. The van der Waals surface area contributed by atoms with E-state index in [0.29, 0.717) is 0 Å². The summed E-state index contributed by atoms with van der Waals surface area (Å²) in [6, 6.07) is 0. The lowest BCUT2D eigenvalue weighted by Gasteiger charge is -2.36. The van der Waals surface area contributed by atoms with Gasteiger partial charge in [0.1, 0.15) is 24.4 Å². The highest BCUT2D eigenvalue weighted by Gasteiger charge is 2.60. The maximum Gasteiger partial charge on any atom is 0.397 e. The minimum Gasteiger partial charge on any atom is -0.342 e. The van der Waals surface area contributed by atoms with E-state index in [1.54, 1.807) is 27.7 Å². The van der Waals surface area contributed by atoms with Crippen molar-refractivity contribution in [1.29, 1.82) is 0 Å². The second kappa shape index (κ2) is 5.08. The maximum absolute atomic E-state index is 10.8. The largest absolute Gasteiger partial charge is 0.397 e. The molecule has 3 rings (SSSR count). The molecule has 0 aliphatic carbocycles. The van der Waals surface area contributed by atoms with E-state index >= 15 is 0 Å². The third-order valence-corrected chi connectivity index (χ3v) is 4.07. The van der Waals surface area contributed by atoms with E-state index < -0.39 is 59.3 Å². The standard InChI is InChI=1S/C12H20O9S/c1-11(2)18-7-6(5-16-22(13,14)15)17-10-9(8(7)19-11)20-12(3,4)21-10/h6-10H,5H2,1-4H3,(H,13,14,15)/t6?,7-,8?,9-,10+/m0/s1. The monoisotopic (exact) mass is 340 g/mol. The zero-order chi connectivity index (χ0) is 16.3. The molecule has 3 saturated heterocycles. The van der Waals surface area contributed by atoms with Crippen molar-refractivity contribution < 1.29 is 40.8 Å². The van der Waals surface area contributed by atoms with E-state index in [0.717, 1.165) is 0 Å². The molecule has 0 aromatic carbocycles.